The molecule has 1 atom stereocenters. The number of aromatic nitrogens is 1. The molecule has 5 heteroatoms. The summed E-state index contributed by atoms with van der Waals surface area (Å²) in [7, 11) is 1.80. The lowest BCUT2D eigenvalue weighted by molar-refractivity contribution is -0.130. The summed E-state index contributed by atoms with van der Waals surface area (Å²) in [6.45, 7) is 7.56. The molecule has 0 aliphatic rings. The van der Waals surface area contributed by atoms with Crippen LogP contribution in [0, 0.1) is 0 Å². The molecule has 0 aliphatic carbocycles. The molecule has 1 aromatic rings. The fourth-order valence-corrected chi connectivity index (χ4v) is 1.68. The Bertz CT molecular complexity index is 408. The zero-order valence-electron chi connectivity index (χ0n) is 12.2. The van der Waals surface area contributed by atoms with E-state index in [1.165, 1.54) is 0 Å². The van der Waals surface area contributed by atoms with Gasteiger partial charge in [-0.1, -0.05) is 6.92 Å². The molecule has 0 aliphatic heterocycles. The first kappa shape index (κ1) is 15.3. The van der Waals surface area contributed by atoms with E-state index in [1.54, 1.807) is 24.3 Å². The van der Waals surface area contributed by atoms with Crippen LogP contribution >= 0.6 is 0 Å². The van der Waals surface area contributed by atoms with E-state index in [4.69, 9.17) is 0 Å². The highest BCUT2D eigenvalue weighted by atomic mass is 16.2. The summed E-state index contributed by atoms with van der Waals surface area (Å²) >= 11 is 0. The number of pyridine rings is 1. The second kappa shape index (κ2) is 7.61. The molecule has 106 valence electrons. The predicted octanol–water partition coefficient (Wildman–Crippen LogP) is 2.18. The van der Waals surface area contributed by atoms with Crippen molar-refractivity contribution in [3.8, 4) is 0 Å². The second-order valence-electron chi connectivity index (χ2n) is 4.61. The van der Waals surface area contributed by atoms with Crippen LogP contribution in [0.2, 0.25) is 0 Å². The maximum Gasteiger partial charge on any atom is 0.244 e. The number of anilines is 2. The Balaban J connectivity index is 2.63. The number of amides is 1. The van der Waals surface area contributed by atoms with Crippen LogP contribution in [0.1, 0.15) is 27.2 Å². The van der Waals surface area contributed by atoms with Crippen molar-refractivity contribution in [3.05, 3.63) is 18.5 Å². The summed E-state index contributed by atoms with van der Waals surface area (Å²) in [5.41, 5.74) is 1.82. The Labute approximate surface area is 115 Å². The van der Waals surface area contributed by atoms with Crippen LogP contribution in [0.5, 0.6) is 0 Å². The third-order valence-corrected chi connectivity index (χ3v) is 2.92. The average molecular weight is 264 g/mol. The highest BCUT2D eigenvalue weighted by Crippen LogP contribution is 2.14. The molecular formula is C14H24N4O. The minimum absolute atomic E-state index is 0.0782. The van der Waals surface area contributed by atoms with Crippen molar-refractivity contribution in [2.24, 2.45) is 0 Å². The van der Waals surface area contributed by atoms with Crippen molar-refractivity contribution >= 4 is 17.3 Å². The average Bonchev–Trinajstić information content (AvgIpc) is 2.43. The van der Waals surface area contributed by atoms with Crippen LogP contribution in [-0.4, -0.2) is 42.0 Å². The van der Waals surface area contributed by atoms with Gasteiger partial charge in [-0.2, -0.15) is 0 Å². The molecule has 0 fully saturated rings. The van der Waals surface area contributed by atoms with Gasteiger partial charge in [0, 0.05) is 20.1 Å². The van der Waals surface area contributed by atoms with E-state index in [2.05, 4.69) is 22.5 Å². The summed E-state index contributed by atoms with van der Waals surface area (Å²) in [5.74, 6) is 0.0782. The van der Waals surface area contributed by atoms with Gasteiger partial charge < -0.3 is 15.5 Å². The predicted molar refractivity (Wildman–Crippen MR) is 79.4 cm³/mol. The lowest BCUT2D eigenvalue weighted by atomic mass is 10.2. The number of carbonyl (C=O) groups excluding carboxylic acids is 1. The van der Waals surface area contributed by atoms with Gasteiger partial charge in [0.15, 0.2) is 0 Å². The number of hydrogen-bond acceptors (Lipinski definition) is 4. The first-order valence-electron chi connectivity index (χ1n) is 6.78. The smallest absolute Gasteiger partial charge is 0.244 e. The van der Waals surface area contributed by atoms with E-state index < -0.39 is 0 Å². The Morgan fingerprint density at radius 1 is 1.37 bits per heavy atom. The van der Waals surface area contributed by atoms with Crippen molar-refractivity contribution in [3.63, 3.8) is 0 Å². The molecule has 1 unspecified atom stereocenters. The maximum absolute atomic E-state index is 12.0. The third kappa shape index (κ3) is 4.77. The van der Waals surface area contributed by atoms with Gasteiger partial charge in [0.2, 0.25) is 5.91 Å². The minimum Gasteiger partial charge on any atom is -0.384 e. The Hall–Kier alpha value is -1.78. The normalized spacial score (nSPS) is 11.8. The van der Waals surface area contributed by atoms with Crippen molar-refractivity contribution in [1.29, 1.82) is 0 Å². The molecule has 0 aromatic carbocycles. The molecule has 1 rings (SSSR count). The molecule has 2 N–H and O–H groups in total. The van der Waals surface area contributed by atoms with Gasteiger partial charge >= 0.3 is 0 Å². The summed E-state index contributed by atoms with van der Waals surface area (Å²) in [6.07, 6.45) is 4.58. The highest BCUT2D eigenvalue weighted by molar-refractivity contribution is 5.84. The monoisotopic (exact) mass is 264 g/mol. The quantitative estimate of drug-likeness (QED) is 0.792. The fourth-order valence-electron chi connectivity index (χ4n) is 1.68. The lowest BCUT2D eigenvalue weighted by Gasteiger charge is -2.21. The number of rotatable bonds is 7. The molecule has 0 spiro atoms. The van der Waals surface area contributed by atoms with E-state index >= 15 is 0 Å². The van der Waals surface area contributed by atoms with Crippen LogP contribution in [0.4, 0.5) is 11.4 Å². The van der Waals surface area contributed by atoms with E-state index in [1.807, 2.05) is 19.9 Å². The number of hydrogen-bond donors (Lipinski definition) is 2. The number of nitrogens with zero attached hydrogens (tertiary/aromatic N) is 2. The molecule has 0 radical (unpaired) electrons. The zero-order chi connectivity index (χ0) is 14.3. The van der Waals surface area contributed by atoms with E-state index in [0.29, 0.717) is 6.54 Å². The molecule has 1 aromatic heterocycles. The minimum atomic E-state index is -0.256. The van der Waals surface area contributed by atoms with Crippen LogP contribution in [0.15, 0.2) is 18.5 Å². The third-order valence-electron chi connectivity index (χ3n) is 2.92. The fraction of sp³-hybridized carbons (Fsp3) is 0.571. The standard InChI is InChI=1S/C14H24N4O/c1-5-7-16-12-8-13(10-15-9-12)17-11(3)14(19)18(4)6-2/h8-11,16-17H,5-7H2,1-4H3. The summed E-state index contributed by atoms with van der Waals surface area (Å²) in [4.78, 5) is 17.8. The number of likely N-dealkylation sites (N-methyl/N-ethyl adjacent to an activating group) is 1. The van der Waals surface area contributed by atoms with E-state index in [0.717, 1.165) is 24.3 Å². The summed E-state index contributed by atoms with van der Waals surface area (Å²) in [6, 6.07) is 1.71. The number of carbonyl (C=O) groups is 1. The SMILES string of the molecule is CCCNc1cncc(NC(C)C(=O)N(C)CC)c1. The van der Waals surface area contributed by atoms with Crippen LogP contribution in [-0.2, 0) is 4.79 Å². The number of nitrogens with one attached hydrogen (secondary N) is 2. The van der Waals surface area contributed by atoms with Gasteiger partial charge in [0.25, 0.3) is 0 Å². The van der Waals surface area contributed by atoms with Gasteiger partial charge in [-0.3, -0.25) is 9.78 Å². The van der Waals surface area contributed by atoms with Crippen LogP contribution < -0.4 is 10.6 Å². The Kier molecular flexibility index (Phi) is 6.12. The van der Waals surface area contributed by atoms with Gasteiger partial charge in [0.05, 0.1) is 23.8 Å². The molecular weight excluding hydrogens is 240 g/mol. The van der Waals surface area contributed by atoms with Crippen LogP contribution in [0.3, 0.4) is 0 Å². The molecule has 0 saturated carbocycles. The Morgan fingerprint density at radius 2 is 2.05 bits per heavy atom. The van der Waals surface area contributed by atoms with Crippen molar-refractivity contribution in [2.45, 2.75) is 33.2 Å². The molecule has 1 amide bonds. The van der Waals surface area contributed by atoms with E-state index in [9.17, 15) is 4.79 Å². The van der Waals surface area contributed by atoms with Gasteiger partial charge in [-0.15, -0.1) is 0 Å². The first-order valence-corrected chi connectivity index (χ1v) is 6.78. The maximum atomic E-state index is 12.0. The largest absolute Gasteiger partial charge is 0.384 e. The van der Waals surface area contributed by atoms with Gasteiger partial charge in [-0.05, 0) is 26.3 Å². The van der Waals surface area contributed by atoms with Crippen molar-refractivity contribution in [1.82, 2.24) is 9.88 Å². The molecule has 0 saturated heterocycles. The molecule has 19 heavy (non-hydrogen) atoms. The molecule has 0 bridgehead atoms. The van der Waals surface area contributed by atoms with Crippen LogP contribution in [0.25, 0.3) is 0 Å². The van der Waals surface area contributed by atoms with Crippen molar-refractivity contribution in [2.75, 3.05) is 30.8 Å². The topological polar surface area (TPSA) is 57.3 Å². The van der Waals surface area contributed by atoms with Crippen molar-refractivity contribution < 1.29 is 4.79 Å². The summed E-state index contributed by atoms with van der Waals surface area (Å²) in [5, 5.41) is 6.45. The van der Waals surface area contributed by atoms with E-state index in [-0.39, 0.29) is 11.9 Å². The van der Waals surface area contributed by atoms with Gasteiger partial charge in [0.1, 0.15) is 6.04 Å². The Morgan fingerprint density at radius 3 is 2.68 bits per heavy atom. The highest BCUT2D eigenvalue weighted by Gasteiger charge is 2.15. The lowest BCUT2D eigenvalue weighted by Crippen LogP contribution is -2.38. The summed E-state index contributed by atoms with van der Waals surface area (Å²) < 4.78 is 0. The second-order valence-corrected chi connectivity index (χ2v) is 4.61. The van der Waals surface area contributed by atoms with Gasteiger partial charge in [-0.25, -0.2) is 0 Å². The molecule has 1 heterocycles. The zero-order valence-corrected chi connectivity index (χ0v) is 12.2. The first-order chi connectivity index (χ1) is 9.08. The molecule has 5 nitrogen and oxygen atoms in total.